The van der Waals surface area contributed by atoms with E-state index in [1.807, 2.05) is 23.1 Å². The summed E-state index contributed by atoms with van der Waals surface area (Å²) in [4.78, 5) is 19.2. The number of rotatable bonds is 3. The quantitative estimate of drug-likeness (QED) is 0.786. The SMILES string of the molecule is O=C(c1cccc(-n2cnnc2)n1)N1CCC[C@@H](c2ccn[nH]2)C1. The molecule has 0 bridgehead atoms. The lowest BCUT2D eigenvalue weighted by atomic mass is 9.95. The Hall–Kier alpha value is -3.03. The van der Waals surface area contributed by atoms with Crippen LogP contribution in [0, 0.1) is 0 Å². The van der Waals surface area contributed by atoms with Crippen molar-refractivity contribution in [2.45, 2.75) is 18.8 Å². The van der Waals surface area contributed by atoms with E-state index < -0.39 is 0 Å². The van der Waals surface area contributed by atoms with Crippen molar-refractivity contribution in [1.82, 2.24) is 34.8 Å². The number of nitrogens with one attached hydrogen (secondary N) is 1. The summed E-state index contributed by atoms with van der Waals surface area (Å²) >= 11 is 0. The number of nitrogens with zero attached hydrogens (tertiary/aromatic N) is 6. The Morgan fingerprint density at radius 2 is 2.08 bits per heavy atom. The Morgan fingerprint density at radius 1 is 1.21 bits per heavy atom. The number of piperidine rings is 1. The Kier molecular flexibility index (Phi) is 3.78. The molecule has 4 rings (SSSR count). The number of pyridine rings is 1. The van der Waals surface area contributed by atoms with Crippen LogP contribution in [0.15, 0.2) is 43.1 Å². The van der Waals surface area contributed by atoms with Crippen molar-refractivity contribution in [3.63, 3.8) is 0 Å². The predicted molar refractivity (Wildman–Crippen MR) is 85.6 cm³/mol. The van der Waals surface area contributed by atoms with Crippen molar-refractivity contribution in [3.05, 3.63) is 54.5 Å². The first-order valence-electron chi connectivity index (χ1n) is 7.92. The number of carbonyl (C=O) groups excluding carboxylic acids is 1. The zero-order valence-corrected chi connectivity index (χ0v) is 13.0. The number of hydrogen-bond acceptors (Lipinski definition) is 5. The predicted octanol–water partition coefficient (Wildman–Crippen LogP) is 1.41. The number of aromatic nitrogens is 6. The first kappa shape index (κ1) is 14.6. The number of likely N-dealkylation sites (tertiary alicyclic amines) is 1. The van der Waals surface area contributed by atoms with Crippen LogP contribution in [0.5, 0.6) is 0 Å². The zero-order valence-electron chi connectivity index (χ0n) is 13.0. The molecular formula is C16H17N7O. The van der Waals surface area contributed by atoms with Crippen molar-refractivity contribution in [2.75, 3.05) is 13.1 Å². The highest BCUT2D eigenvalue weighted by atomic mass is 16.2. The van der Waals surface area contributed by atoms with E-state index in [9.17, 15) is 4.79 Å². The molecule has 1 aliphatic heterocycles. The molecule has 1 amide bonds. The lowest BCUT2D eigenvalue weighted by Crippen LogP contribution is -2.39. The summed E-state index contributed by atoms with van der Waals surface area (Å²) < 4.78 is 1.68. The van der Waals surface area contributed by atoms with Crippen LogP contribution >= 0.6 is 0 Å². The highest BCUT2D eigenvalue weighted by Crippen LogP contribution is 2.26. The molecule has 3 aromatic heterocycles. The monoisotopic (exact) mass is 323 g/mol. The Balaban J connectivity index is 1.54. The van der Waals surface area contributed by atoms with Crippen molar-refractivity contribution in [2.24, 2.45) is 0 Å². The van der Waals surface area contributed by atoms with E-state index >= 15 is 0 Å². The summed E-state index contributed by atoms with van der Waals surface area (Å²) in [6, 6.07) is 7.37. The minimum atomic E-state index is -0.0471. The fourth-order valence-electron chi connectivity index (χ4n) is 3.08. The topological polar surface area (TPSA) is 92.6 Å². The first-order chi connectivity index (χ1) is 11.8. The molecule has 1 saturated heterocycles. The van der Waals surface area contributed by atoms with Gasteiger partial charge < -0.3 is 4.90 Å². The molecule has 1 aliphatic rings. The van der Waals surface area contributed by atoms with Gasteiger partial charge >= 0.3 is 0 Å². The van der Waals surface area contributed by atoms with Crippen molar-refractivity contribution in [3.8, 4) is 5.82 Å². The van der Waals surface area contributed by atoms with E-state index in [0.29, 0.717) is 24.0 Å². The van der Waals surface area contributed by atoms with Gasteiger partial charge in [-0.2, -0.15) is 5.10 Å². The number of aromatic amines is 1. The molecular weight excluding hydrogens is 306 g/mol. The second-order valence-electron chi connectivity index (χ2n) is 5.85. The van der Waals surface area contributed by atoms with Crippen LogP contribution in [0.3, 0.4) is 0 Å². The zero-order chi connectivity index (χ0) is 16.4. The maximum Gasteiger partial charge on any atom is 0.272 e. The molecule has 8 heteroatoms. The van der Waals surface area contributed by atoms with Crippen LogP contribution < -0.4 is 0 Å². The van der Waals surface area contributed by atoms with Gasteiger partial charge in [-0.3, -0.25) is 14.5 Å². The second kappa shape index (κ2) is 6.23. The Morgan fingerprint density at radius 3 is 2.88 bits per heavy atom. The Bertz CT molecular complexity index is 813. The standard InChI is InChI=1S/C16H17N7O/c24-16(14-4-1-5-15(20-14)23-10-18-19-11-23)22-8-2-3-12(9-22)13-6-7-17-21-13/h1,4-7,10-12H,2-3,8-9H2,(H,17,21)/t12-/m1/s1. The fraction of sp³-hybridized carbons (Fsp3) is 0.312. The highest BCUT2D eigenvalue weighted by molar-refractivity contribution is 5.92. The third-order valence-corrected chi connectivity index (χ3v) is 4.31. The van der Waals surface area contributed by atoms with Crippen LogP contribution in [0.25, 0.3) is 5.82 Å². The molecule has 4 heterocycles. The highest BCUT2D eigenvalue weighted by Gasteiger charge is 2.27. The van der Waals surface area contributed by atoms with E-state index in [0.717, 1.165) is 25.1 Å². The third kappa shape index (κ3) is 2.78. The Labute approximate surface area is 138 Å². The fourth-order valence-corrected chi connectivity index (χ4v) is 3.08. The average Bonchev–Trinajstić information content (AvgIpc) is 3.35. The molecule has 0 aromatic carbocycles. The third-order valence-electron chi connectivity index (χ3n) is 4.31. The van der Waals surface area contributed by atoms with Crippen LogP contribution in [0.2, 0.25) is 0 Å². The van der Waals surface area contributed by atoms with Gasteiger partial charge in [0.25, 0.3) is 5.91 Å². The number of hydrogen-bond donors (Lipinski definition) is 1. The largest absolute Gasteiger partial charge is 0.337 e. The summed E-state index contributed by atoms with van der Waals surface area (Å²) in [6.45, 7) is 1.43. The second-order valence-corrected chi connectivity index (χ2v) is 5.85. The molecule has 0 unspecified atom stereocenters. The summed E-state index contributed by atoms with van der Waals surface area (Å²) in [6.07, 6.45) is 6.90. The summed E-state index contributed by atoms with van der Waals surface area (Å²) in [5.74, 6) is 0.883. The average molecular weight is 323 g/mol. The molecule has 122 valence electrons. The molecule has 3 aromatic rings. The molecule has 1 atom stereocenters. The van der Waals surface area contributed by atoms with Gasteiger partial charge in [0.05, 0.1) is 0 Å². The van der Waals surface area contributed by atoms with E-state index in [4.69, 9.17) is 0 Å². The number of carbonyl (C=O) groups is 1. The van der Waals surface area contributed by atoms with Crippen LogP contribution in [0.1, 0.15) is 34.9 Å². The van der Waals surface area contributed by atoms with Gasteiger partial charge in [0, 0.05) is 30.9 Å². The van der Waals surface area contributed by atoms with E-state index in [1.54, 1.807) is 29.5 Å². The lowest BCUT2D eigenvalue weighted by molar-refractivity contribution is 0.0700. The normalized spacial score (nSPS) is 17.8. The molecule has 8 nitrogen and oxygen atoms in total. The maximum absolute atomic E-state index is 12.8. The van der Waals surface area contributed by atoms with Gasteiger partial charge in [-0.05, 0) is 31.0 Å². The molecule has 0 spiro atoms. The smallest absolute Gasteiger partial charge is 0.272 e. The van der Waals surface area contributed by atoms with Gasteiger partial charge in [-0.15, -0.1) is 10.2 Å². The summed E-state index contributed by atoms with van der Waals surface area (Å²) in [7, 11) is 0. The number of H-pyrrole nitrogens is 1. The molecule has 0 saturated carbocycles. The van der Waals surface area contributed by atoms with Crippen molar-refractivity contribution in [1.29, 1.82) is 0 Å². The van der Waals surface area contributed by atoms with Crippen LogP contribution in [-0.2, 0) is 0 Å². The van der Waals surface area contributed by atoms with Gasteiger partial charge in [-0.1, -0.05) is 6.07 Å². The lowest BCUT2D eigenvalue weighted by Gasteiger charge is -2.32. The molecule has 0 radical (unpaired) electrons. The molecule has 0 aliphatic carbocycles. The minimum Gasteiger partial charge on any atom is -0.337 e. The number of amides is 1. The van der Waals surface area contributed by atoms with E-state index in [-0.39, 0.29) is 5.91 Å². The minimum absolute atomic E-state index is 0.0471. The van der Waals surface area contributed by atoms with Crippen LogP contribution in [0.4, 0.5) is 0 Å². The van der Waals surface area contributed by atoms with Crippen molar-refractivity contribution >= 4 is 5.91 Å². The maximum atomic E-state index is 12.8. The van der Waals surface area contributed by atoms with Crippen LogP contribution in [-0.4, -0.2) is 53.8 Å². The van der Waals surface area contributed by atoms with Gasteiger partial charge in [0.15, 0.2) is 0 Å². The summed E-state index contributed by atoms with van der Waals surface area (Å²) in [5, 5.41) is 14.6. The first-order valence-corrected chi connectivity index (χ1v) is 7.92. The van der Waals surface area contributed by atoms with Gasteiger partial charge in [0.2, 0.25) is 0 Å². The molecule has 1 fully saturated rings. The van der Waals surface area contributed by atoms with E-state index in [2.05, 4.69) is 25.4 Å². The van der Waals surface area contributed by atoms with Crippen molar-refractivity contribution < 1.29 is 4.79 Å². The van der Waals surface area contributed by atoms with Gasteiger partial charge in [-0.25, -0.2) is 4.98 Å². The summed E-state index contributed by atoms with van der Waals surface area (Å²) in [5.41, 5.74) is 1.52. The molecule has 24 heavy (non-hydrogen) atoms. The van der Waals surface area contributed by atoms with Gasteiger partial charge in [0.1, 0.15) is 24.2 Å². The molecule has 1 N–H and O–H groups in total. The van der Waals surface area contributed by atoms with E-state index in [1.165, 1.54) is 0 Å².